The van der Waals surface area contributed by atoms with Gasteiger partial charge in [-0.05, 0) is 57.2 Å². The number of fused-ring (bicyclic) bond motifs is 2. The standard InChI is InChI=1S/C24H20N2O3/c1-13-5-7-14(8-6-13)26-18-12-24(2,3)22(27)21-20(18)19(23(26)28)16-11-15(29-4)9-10-17(16)25-21/h5-12H,1-4H3. The minimum atomic E-state index is -0.750. The van der Waals surface area contributed by atoms with Crippen LogP contribution in [0.5, 0.6) is 5.75 Å². The minimum absolute atomic E-state index is 0.0752. The Morgan fingerprint density at radius 2 is 1.72 bits per heavy atom. The van der Waals surface area contributed by atoms with Gasteiger partial charge in [0.15, 0.2) is 5.78 Å². The number of benzene rings is 2. The molecule has 0 atom stereocenters. The third-order valence-electron chi connectivity index (χ3n) is 5.70. The lowest BCUT2D eigenvalue weighted by atomic mass is 9.78. The maximum absolute atomic E-state index is 13.7. The number of Topliss-reactive ketones (excluding diaryl/α,β-unsaturated/α-hetero) is 1. The molecule has 5 heteroatoms. The van der Waals surface area contributed by atoms with Gasteiger partial charge in [0.05, 0.1) is 23.9 Å². The number of ketones is 1. The second-order valence-corrected chi connectivity index (χ2v) is 8.15. The number of hydrogen-bond acceptors (Lipinski definition) is 4. The maximum Gasteiger partial charge on any atom is 0.264 e. The molecule has 0 unspecified atom stereocenters. The number of hydrogen-bond donors (Lipinski definition) is 0. The van der Waals surface area contributed by atoms with Crippen molar-refractivity contribution in [2.75, 3.05) is 12.0 Å². The Balaban J connectivity index is 1.87. The van der Waals surface area contributed by atoms with Gasteiger partial charge in [-0.25, -0.2) is 4.98 Å². The van der Waals surface area contributed by atoms with Crippen LogP contribution in [-0.4, -0.2) is 23.8 Å². The summed E-state index contributed by atoms with van der Waals surface area (Å²) < 4.78 is 5.36. The molecule has 1 amide bonds. The highest BCUT2D eigenvalue weighted by Crippen LogP contribution is 2.47. The van der Waals surface area contributed by atoms with Crippen LogP contribution in [0.2, 0.25) is 0 Å². The van der Waals surface area contributed by atoms with Crippen LogP contribution < -0.4 is 9.64 Å². The highest BCUT2D eigenvalue weighted by molar-refractivity contribution is 6.30. The summed E-state index contributed by atoms with van der Waals surface area (Å²) in [6.45, 7) is 5.73. The average molecular weight is 384 g/mol. The lowest BCUT2D eigenvalue weighted by molar-refractivity contribution is 0.0877. The van der Waals surface area contributed by atoms with Gasteiger partial charge in [0.2, 0.25) is 0 Å². The zero-order chi connectivity index (χ0) is 20.5. The topological polar surface area (TPSA) is 59.5 Å². The first kappa shape index (κ1) is 17.6. The van der Waals surface area contributed by atoms with Crippen LogP contribution in [-0.2, 0) is 0 Å². The van der Waals surface area contributed by atoms with Gasteiger partial charge in [0.1, 0.15) is 11.4 Å². The Hall–Kier alpha value is -3.47. The second-order valence-electron chi connectivity index (χ2n) is 8.15. The number of carbonyl (C=O) groups excluding carboxylic acids is 2. The number of aryl methyl sites for hydroxylation is 1. The molecule has 0 N–H and O–H groups in total. The van der Waals surface area contributed by atoms with Crippen molar-refractivity contribution < 1.29 is 14.3 Å². The van der Waals surface area contributed by atoms with Gasteiger partial charge >= 0.3 is 0 Å². The van der Waals surface area contributed by atoms with E-state index in [1.165, 1.54) is 0 Å². The summed E-state index contributed by atoms with van der Waals surface area (Å²) >= 11 is 0. The van der Waals surface area contributed by atoms with Crippen molar-refractivity contribution in [3.05, 3.63) is 70.9 Å². The molecule has 144 valence electrons. The Morgan fingerprint density at radius 1 is 1.00 bits per heavy atom. The molecule has 0 bridgehead atoms. The molecular weight excluding hydrogens is 364 g/mol. The predicted molar refractivity (Wildman–Crippen MR) is 112 cm³/mol. The third-order valence-corrected chi connectivity index (χ3v) is 5.70. The van der Waals surface area contributed by atoms with Crippen LogP contribution in [0.1, 0.15) is 45.8 Å². The number of ether oxygens (including phenoxy) is 1. The summed E-state index contributed by atoms with van der Waals surface area (Å²) in [7, 11) is 1.59. The van der Waals surface area contributed by atoms with Gasteiger partial charge in [-0.1, -0.05) is 17.7 Å². The number of aromatic nitrogens is 1. The molecule has 0 fully saturated rings. The van der Waals surface area contributed by atoms with Crippen molar-refractivity contribution in [1.82, 2.24) is 4.98 Å². The van der Waals surface area contributed by atoms with E-state index >= 15 is 0 Å². The van der Waals surface area contributed by atoms with Crippen LogP contribution in [0.25, 0.3) is 16.6 Å². The average Bonchev–Trinajstić information content (AvgIpc) is 2.98. The molecule has 1 aliphatic carbocycles. The number of anilines is 1. The molecule has 2 aliphatic rings. The molecule has 1 aliphatic heterocycles. The Bertz CT molecular complexity index is 1250. The Kier molecular flexibility index (Phi) is 3.50. The van der Waals surface area contributed by atoms with Gasteiger partial charge in [0.25, 0.3) is 5.91 Å². The maximum atomic E-state index is 13.7. The molecule has 0 saturated heterocycles. The predicted octanol–water partition coefficient (Wildman–Crippen LogP) is 4.78. The largest absolute Gasteiger partial charge is 0.497 e. The van der Waals surface area contributed by atoms with Crippen LogP contribution in [0.4, 0.5) is 5.69 Å². The first-order chi connectivity index (χ1) is 13.8. The molecule has 0 saturated carbocycles. The molecule has 2 heterocycles. The molecule has 3 aromatic rings. The summed E-state index contributed by atoms with van der Waals surface area (Å²) in [4.78, 5) is 33.2. The Labute approximate surface area is 168 Å². The summed E-state index contributed by atoms with van der Waals surface area (Å²) in [5.74, 6) is 0.418. The molecule has 1 aromatic heterocycles. The number of allylic oxidation sites excluding steroid dienone is 1. The first-order valence-corrected chi connectivity index (χ1v) is 9.53. The van der Waals surface area contributed by atoms with E-state index in [0.29, 0.717) is 33.5 Å². The van der Waals surface area contributed by atoms with Crippen LogP contribution in [0.15, 0.2) is 48.5 Å². The zero-order valence-corrected chi connectivity index (χ0v) is 16.7. The molecule has 5 nitrogen and oxygen atoms in total. The van der Waals surface area contributed by atoms with Gasteiger partial charge < -0.3 is 4.74 Å². The summed E-state index contributed by atoms with van der Waals surface area (Å²) in [6, 6.07) is 13.2. The number of amides is 1. The fraction of sp³-hybridized carbons (Fsp3) is 0.208. The molecule has 0 spiro atoms. The van der Waals surface area contributed by atoms with E-state index < -0.39 is 5.41 Å². The van der Waals surface area contributed by atoms with E-state index in [-0.39, 0.29) is 11.7 Å². The molecular formula is C24H20N2O3. The lowest BCUT2D eigenvalue weighted by Gasteiger charge is -2.28. The summed E-state index contributed by atoms with van der Waals surface area (Å²) in [6.07, 6.45) is 1.89. The highest BCUT2D eigenvalue weighted by atomic mass is 16.5. The number of rotatable bonds is 2. The number of nitrogens with zero attached hydrogens (tertiary/aromatic N) is 2. The minimum Gasteiger partial charge on any atom is -0.497 e. The lowest BCUT2D eigenvalue weighted by Crippen LogP contribution is -2.30. The zero-order valence-electron chi connectivity index (χ0n) is 16.7. The number of pyridine rings is 1. The van der Waals surface area contributed by atoms with Crippen molar-refractivity contribution in [3.63, 3.8) is 0 Å². The molecule has 2 aromatic carbocycles. The smallest absolute Gasteiger partial charge is 0.264 e. The number of methoxy groups -OCH3 is 1. The normalized spacial score (nSPS) is 16.8. The summed E-state index contributed by atoms with van der Waals surface area (Å²) in [5, 5.41) is 0.695. The fourth-order valence-corrected chi connectivity index (χ4v) is 4.14. The monoisotopic (exact) mass is 384 g/mol. The SMILES string of the molecule is COc1ccc2nc3c4c(c2c1)C(=O)N(c1ccc(C)cc1)C4=CC(C)(C)C3=O. The van der Waals surface area contributed by atoms with E-state index in [1.807, 2.05) is 57.2 Å². The van der Waals surface area contributed by atoms with Crippen molar-refractivity contribution in [2.24, 2.45) is 5.41 Å². The number of carbonyl (C=O) groups is 2. The van der Waals surface area contributed by atoms with Crippen molar-refractivity contribution in [3.8, 4) is 5.75 Å². The van der Waals surface area contributed by atoms with Crippen molar-refractivity contribution in [1.29, 1.82) is 0 Å². The van der Waals surface area contributed by atoms with E-state index in [1.54, 1.807) is 24.1 Å². The fourth-order valence-electron chi connectivity index (χ4n) is 4.14. The molecule has 29 heavy (non-hydrogen) atoms. The summed E-state index contributed by atoms with van der Waals surface area (Å²) in [5.41, 5.74) is 3.98. The third kappa shape index (κ3) is 2.37. The van der Waals surface area contributed by atoms with Gasteiger partial charge in [-0.3, -0.25) is 14.5 Å². The van der Waals surface area contributed by atoms with E-state index in [0.717, 1.165) is 16.9 Å². The van der Waals surface area contributed by atoms with Crippen molar-refractivity contribution in [2.45, 2.75) is 20.8 Å². The van der Waals surface area contributed by atoms with Gasteiger partial charge in [0, 0.05) is 22.1 Å². The van der Waals surface area contributed by atoms with Crippen LogP contribution >= 0.6 is 0 Å². The van der Waals surface area contributed by atoms with Crippen LogP contribution in [0, 0.1) is 12.3 Å². The Morgan fingerprint density at radius 3 is 2.41 bits per heavy atom. The van der Waals surface area contributed by atoms with Crippen molar-refractivity contribution >= 4 is 34.0 Å². The van der Waals surface area contributed by atoms with E-state index in [4.69, 9.17) is 4.74 Å². The van der Waals surface area contributed by atoms with Crippen LogP contribution in [0.3, 0.4) is 0 Å². The van der Waals surface area contributed by atoms with E-state index in [2.05, 4.69) is 4.98 Å². The first-order valence-electron chi connectivity index (χ1n) is 9.53. The highest BCUT2D eigenvalue weighted by Gasteiger charge is 2.46. The molecule has 0 radical (unpaired) electrons. The van der Waals surface area contributed by atoms with Gasteiger partial charge in [-0.15, -0.1) is 0 Å². The van der Waals surface area contributed by atoms with E-state index in [9.17, 15) is 9.59 Å². The second kappa shape index (κ2) is 5.77. The molecule has 5 rings (SSSR count). The van der Waals surface area contributed by atoms with Gasteiger partial charge in [-0.2, -0.15) is 0 Å². The quantitative estimate of drug-likeness (QED) is 0.638.